The first-order chi connectivity index (χ1) is 9.62. The second kappa shape index (κ2) is 5.22. The number of aromatic nitrogens is 2. The SMILES string of the molecule is COC(C)(C)c1noc(C2SCCc3ccccc32)n1. The summed E-state index contributed by atoms with van der Waals surface area (Å²) in [4.78, 5) is 4.55. The van der Waals surface area contributed by atoms with Gasteiger partial charge in [0, 0.05) is 7.11 Å². The average Bonchev–Trinajstić information content (AvgIpc) is 2.97. The molecule has 0 amide bonds. The smallest absolute Gasteiger partial charge is 0.244 e. The summed E-state index contributed by atoms with van der Waals surface area (Å²) in [6.07, 6.45) is 1.10. The molecular formula is C15H18N2O2S. The maximum Gasteiger partial charge on any atom is 0.244 e. The third-order valence-corrected chi connectivity index (χ3v) is 4.94. The third-order valence-electron chi connectivity index (χ3n) is 3.71. The Kier molecular flexibility index (Phi) is 3.56. The minimum Gasteiger partial charge on any atom is -0.371 e. The van der Waals surface area contributed by atoms with Gasteiger partial charge in [-0.3, -0.25) is 0 Å². The maximum absolute atomic E-state index is 5.49. The Labute approximate surface area is 122 Å². The topological polar surface area (TPSA) is 48.2 Å². The zero-order chi connectivity index (χ0) is 14.2. The molecule has 0 radical (unpaired) electrons. The molecule has 1 aromatic heterocycles. The largest absolute Gasteiger partial charge is 0.371 e. The van der Waals surface area contributed by atoms with Gasteiger partial charge in [-0.2, -0.15) is 4.98 Å². The van der Waals surface area contributed by atoms with Crippen molar-refractivity contribution >= 4 is 11.8 Å². The van der Waals surface area contributed by atoms with E-state index in [2.05, 4.69) is 34.4 Å². The summed E-state index contributed by atoms with van der Waals surface area (Å²) in [7, 11) is 1.65. The molecule has 1 unspecified atom stereocenters. The molecule has 0 saturated heterocycles. The summed E-state index contributed by atoms with van der Waals surface area (Å²) >= 11 is 1.85. The predicted molar refractivity (Wildman–Crippen MR) is 78.8 cm³/mol. The third kappa shape index (κ3) is 2.36. The molecule has 5 heteroatoms. The van der Waals surface area contributed by atoms with Gasteiger partial charge in [0.2, 0.25) is 11.7 Å². The normalized spacial score (nSPS) is 18.9. The lowest BCUT2D eigenvalue weighted by molar-refractivity contribution is 0.00973. The highest BCUT2D eigenvalue weighted by Crippen LogP contribution is 2.41. The lowest BCUT2D eigenvalue weighted by atomic mass is 10.0. The van der Waals surface area contributed by atoms with Crippen molar-refractivity contribution in [1.82, 2.24) is 10.1 Å². The molecule has 0 fully saturated rings. The van der Waals surface area contributed by atoms with Gasteiger partial charge in [-0.1, -0.05) is 29.4 Å². The van der Waals surface area contributed by atoms with Crippen LogP contribution in [0.3, 0.4) is 0 Å². The molecule has 0 N–H and O–H groups in total. The summed E-state index contributed by atoms with van der Waals surface area (Å²) in [6.45, 7) is 3.87. The van der Waals surface area contributed by atoms with Crippen molar-refractivity contribution in [3.8, 4) is 0 Å². The molecule has 106 valence electrons. The highest BCUT2D eigenvalue weighted by molar-refractivity contribution is 7.99. The average molecular weight is 290 g/mol. The Morgan fingerprint density at radius 1 is 1.35 bits per heavy atom. The zero-order valence-corrected chi connectivity index (χ0v) is 12.7. The van der Waals surface area contributed by atoms with Crippen molar-refractivity contribution in [2.45, 2.75) is 31.1 Å². The van der Waals surface area contributed by atoms with E-state index in [1.54, 1.807) is 7.11 Å². The standard InChI is InChI=1S/C15H18N2O2S/c1-15(2,18-3)14-16-13(19-17-14)12-11-7-5-4-6-10(11)8-9-20-12/h4-7,12H,8-9H2,1-3H3. The van der Waals surface area contributed by atoms with Crippen LogP contribution in [0, 0.1) is 0 Å². The van der Waals surface area contributed by atoms with Gasteiger partial charge in [0.15, 0.2) is 0 Å². The number of aryl methyl sites for hydroxylation is 1. The number of methoxy groups -OCH3 is 1. The molecule has 1 aromatic carbocycles. The molecule has 20 heavy (non-hydrogen) atoms. The van der Waals surface area contributed by atoms with Crippen LogP contribution in [0.4, 0.5) is 0 Å². The summed E-state index contributed by atoms with van der Waals surface area (Å²) in [5.41, 5.74) is 2.14. The number of fused-ring (bicyclic) bond motifs is 1. The molecule has 0 spiro atoms. The van der Waals surface area contributed by atoms with Crippen LogP contribution in [0.5, 0.6) is 0 Å². The fourth-order valence-electron chi connectivity index (χ4n) is 2.28. The van der Waals surface area contributed by atoms with Crippen molar-refractivity contribution in [2.24, 2.45) is 0 Å². The number of ether oxygens (including phenoxy) is 1. The lowest BCUT2D eigenvalue weighted by Crippen LogP contribution is -2.21. The highest BCUT2D eigenvalue weighted by atomic mass is 32.2. The van der Waals surface area contributed by atoms with E-state index in [0.717, 1.165) is 12.2 Å². The Balaban J connectivity index is 1.95. The van der Waals surface area contributed by atoms with E-state index in [4.69, 9.17) is 9.26 Å². The van der Waals surface area contributed by atoms with Crippen LogP contribution in [-0.2, 0) is 16.8 Å². The van der Waals surface area contributed by atoms with Crippen molar-refractivity contribution in [3.63, 3.8) is 0 Å². The van der Waals surface area contributed by atoms with Crippen molar-refractivity contribution < 1.29 is 9.26 Å². The Morgan fingerprint density at radius 2 is 2.15 bits per heavy atom. The summed E-state index contributed by atoms with van der Waals surface area (Å²) < 4.78 is 10.9. The molecule has 0 saturated carbocycles. The second-order valence-electron chi connectivity index (χ2n) is 5.37. The molecule has 0 aliphatic carbocycles. The lowest BCUT2D eigenvalue weighted by Gasteiger charge is -2.22. The molecule has 1 aliphatic rings. The minimum atomic E-state index is -0.527. The predicted octanol–water partition coefficient (Wildman–Crippen LogP) is 3.33. The van der Waals surface area contributed by atoms with Gasteiger partial charge in [0.1, 0.15) is 10.9 Å². The first-order valence-corrected chi connectivity index (χ1v) is 7.75. The van der Waals surface area contributed by atoms with Gasteiger partial charge < -0.3 is 9.26 Å². The van der Waals surface area contributed by atoms with E-state index in [0.29, 0.717) is 11.7 Å². The van der Waals surface area contributed by atoms with E-state index in [1.807, 2.05) is 25.6 Å². The number of nitrogens with zero attached hydrogens (tertiary/aromatic N) is 2. The minimum absolute atomic E-state index is 0.133. The van der Waals surface area contributed by atoms with Crippen LogP contribution in [0.1, 0.15) is 41.9 Å². The highest BCUT2D eigenvalue weighted by Gasteiger charge is 2.31. The first kappa shape index (κ1) is 13.6. The van der Waals surface area contributed by atoms with Crippen LogP contribution in [0.2, 0.25) is 0 Å². The zero-order valence-electron chi connectivity index (χ0n) is 11.9. The van der Waals surface area contributed by atoms with Crippen molar-refractivity contribution in [1.29, 1.82) is 0 Å². The van der Waals surface area contributed by atoms with Crippen LogP contribution in [-0.4, -0.2) is 23.0 Å². The molecule has 2 aromatic rings. The second-order valence-corrected chi connectivity index (χ2v) is 6.58. The van der Waals surface area contributed by atoms with Gasteiger partial charge in [-0.25, -0.2) is 0 Å². The van der Waals surface area contributed by atoms with Crippen LogP contribution >= 0.6 is 11.8 Å². The van der Waals surface area contributed by atoms with Crippen molar-refractivity contribution in [3.05, 3.63) is 47.1 Å². The molecule has 4 nitrogen and oxygen atoms in total. The van der Waals surface area contributed by atoms with Gasteiger partial charge in [-0.15, -0.1) is 11.8 Å². The Morgan fingerprint density at radius 3 is 2.95 bits per heavy atom. The number of rotatable bonds is 3. The van der Waals surface area contributed by atoms with Gasteiger partial charge in [0.25, 0.3) is 0 Å². The summed E-state index contributed by atoms with van der Waals surface area (Å²) in [6, 6.07) is 8.48. The summed E-state index contributed by atoms with van der Waals surface area (Å²) in [5.74, 6) is 2.34. The van der Waals surface area contributed by atoms with Crippen LogP contribution < -0.4 is 0 Å². The van der Waals surface area contributed by atoms with Crippen LogP contribution in [0.15, 0.2) is 28.8 Å². The molecule has 1 atom stereocenters. The number of benzene rings is 1. The van der Waals surface area contributed by atoms with Gasteiger partial charge >= 0.3 is 0 Å². The fraction of sp³-hybridized carbons (Fsp3) is 0.467. The van der Waals surface area contributed by atoms with E-state index in [1.165, 1.54) is 11.1 Å². The van der Waals surface area contributed by atoms with Crippen LogP contribution in [0.25, 0.3) is 0 Å². The van der Waals surface area contributed by atoms with Gasteiger partial charge in [-0.05, 0) is 37.1 Å². The fourth-order valence-corrected chi connectivity index (χ4v) is 3.50. The number of hydrogen-bond donors (Lipinski definition) is 0. The van der Waals surface area contributed by atoms with E-state index in [9.17, 15) is 0 Å². The van der Waals surface area contributed by atoms with Gasteiger partial charge in [0.05, 0.1) is 0 Å². The Bertz CT molecular complexity index is 609. The monoisotopic (exact) mass is 290 g/mol. The number of thioether (sulfide) groups is 1. The number of hydrogen-bond acceptors (Lipinski definition) is 5. The van der Waals surface area contributed by atoms with E-state index >= 15 is 0 Å². The summed E-state index contributed by atoms with van der Waals surface area (Å²) in [5, 5.41) is 4.22. The Hall–Kier alpha value is -1.33. The molecule has 3 rings (SSSR count). The van der Waals surface area contributed by atoms with E-state index in [-0.39, 0.29) is 5.25 Å². The first-order valence-electron chi connectivity index (χ1n) is 6.70. The van der Waals surface area contributed by atoms with E-state index < -0.39 is 5.60 Å². The maximum atomic E-state index is 5.49. The molecule has 2 heterocycles. The molecule has 0 bridgehead atoms. The quantitative estimate of drug-likeness (QED) is 0.867. The molecule has 1 aliphatic heterocycles. The molecular weight excluding hydrogens is 272 g/mol. The van der Waals surface area contributed by atoms with Crippen molar-refractivity contribution in [2.75, 3.05) is 12.9 Å².